The van der Waals surface area contributed by atoms with E-state index < -0.39 is 6.09 Å². The molecule has 2 N–H and O–H groups in total. The van der Waals surface area contributed by atoms with Crippen molar-refractivity contribution in [3.63, 3.8) is 0 Å². The van der Waals surface area contributed by atoms with Gasteiger partial charge in [-0.15, -0.1) is 0 Å². The van der Waals surface area contributed by atoms with Crippen LogP contribution in [0, 0.1) is 0 Å². The Morgan fingerprint density at radius 1 is 0.920 bits per heavy atom. The van der Waals surface area contributed by atoms with Gasteiger partial charge in [-0.3, -0.25) is 10.2 Å². The molecule has 132 valence electrons. The molecule has 0 heterocycles. The van der Waals surface area contributed by atoms with E-state index in [4.69, 9.17) is 14.2 Å². The Hall–Kier alpha value is -3.22. The van der Waals surface area contributed by atoms with Gasteiger partial charge in [0, 0.05) is 6.42 Å². The second kappa shape index (κ2) is 9.17. The summed E-state index contributed by atoms with van der Waals surface area (Å²) in [5, 5.41) is 0. The summed E-state index contributed by atoms with van der Waals surface area (Å²) in [6.07, 6.45) is -0.171. The van der Waals surface area contributed by atoms with Gasteiger partial charge in [-0.25, -0.2) is 10.2 Å². The second-order valence-electron chi connectivity index (χ2n) is 5.05. The van der Waals surface area contributed by atoms with E-state index in [0.29, 0.717) is 23.7 Å². The van der Waals surface area contributed by atoms with Crippen LogP contribution in [0.15, 0.2) is 48.5 Å². The molecule has 0 radical (unpaired) electrons. The van der Waals surface area contributed by atoms with Crippen molar-refractivity contribution >= 4 is 12.0 Å². The number of hydrogen-bond donors (Lipinski definition) is 2. The predicted molar refractivity (Wildman–Crippen MR) is 91.6 cm³/mol. The van der Waals surface area contributed by atoms with Crippen molar-refractivity contribution in [2.24, 2.45) is 0 Å². The number of nitrogens with one attached hydrogen (secondary N) is 2. The fourth-order valence-corrected chi connectivity index (χ4v) is 2.13. The summed E-state index contributed by atoms with van der Waals surface area (Å²) in [6, 6.07) is 13.9. The lowest BCUT2D eigenvalue weighted by Crippen LogP contribution is -2.43. The van der Waals surface area contributed by atoms with E-state index >= 15 is 0 Å². The molecule has 2 aromatic rings. The summed E-state index contributed by atoms with van der Waals surface area (Å²) in [4.78, 5) is 23.5. The van der Waals surface area contributed by atoms with Gasteiger partial charge in [-0.1, -0.05) is 18.2 Å². The molecule has 0 fully saturated rings. The van der Waals surface area contributed by atoms with Gasteiger partial charge in [-0.05, 0) is 42.3 Å². The molecule has 0 saturated heterocycles. The minimum absolute atomic E-state index is 0.162. The summed E-state index contributed by atoms with van der Waals surface area (Å²) in [5.41, 5.74) is 5.34. The molecule has 0 aromatic heterocycles. The Morgan fingerprint density at radius 2 is 1.68 bits per heavy atom. The molecule has 7 heteroatoms. The maximum Gasteiger partial charge on any atom is 0.431 e. The van der Waals surface area contributed by atoms with Crippen molar-refractivity contribution in [2.45, 2.75) is 12.8 Å². The van der Waals surface area contributed by atoms with Gasteiger partial charge in [0.1, 0.15) is 17.2 Å². The molecule has 25 heavy (non-hydrogen) atoms. The van der Waals surface area contributed by atoms with Crippen LogP contribution in [0.25, 0.3) is 0 Å². The van der Waals surface area contributed by atoms with Crippen molar-refractivity contribution in [3.8, 4) is 17.2 Å². The second-order valence-corrected chi connectivity index (χ2v) is 5.05. The standard InChI is InChI=1S/C18H20N2O5/c1-23-15-9-10-16(24-2)13(12-15)8-11-17(21)19-20-18(22)25-14-6-4-3-5-7-14/h3-7,9-10,12H,8,11H2,1-2H3,(H,19,21)(H,20,22). The monoisotopic (exact) mass is 344 g/mol. The third-order valence-corrected chi connectivity index (χ3v) is 3.37. The molecule has 7 nitrogen and oxygen atoms in total. The van der Waals surface area contributed by atoms with Gasteiger partial charge in [-0.2, -0.15) is 0 Å². The summed E-state index contributed by atoms with van der Waals surface area (Å²) in [7, 11) is 3.13. The molecule has 0 spiro atoms. The number of ether oxygens (including phenoxy) is 3. The number of hydrogen-bond acceptors (Lipinski definition) is 5. The van der Waals surface area contributed by atoms with Crippen LogP contribution in [0.3, 0.4) is 0 Å². The van der Waals surface area contributed by atoms with Crippen LogP contribution in [0.5, 0.6) is 17.2 Å². The van der Waals surface area contributed by atoms with E-state index in [-0.39, 0.29) is 12.3 Å². The first-order valence-electron chi connectivity index (χ1n) is 7.65. The van der Waals surface area contributed by atoms with Crippen molar-refractivity contribution in [1.29, 1.82) is 0 Å². The number of para-hydroxylation sites is 1. The molecule has 0 unspecified atom stereocenters. The fourth-order valence-electron chi connectivity index (χ4n) is 2.13. The van der Waals surface area contributed by atoms with Gasteiger partial charge >= 0.3 is 6.09 Å². The van der Waals surface area contributed by atoms with Crippen molar-refractivity contribution < 1.29 is 23.8 Å². The fraction of sp³-hybridized carbons (Fsp3) is 0.222. The quantitative estimate of drug-likeness (QED) is 0.786. The summed E-state index contributed by atoms with van der Waals surface area (Å²) >= 11 is 0. The number of benzene rings is 2. The van der Waals surface area contributed by atoms with Crippen LogP contribution in [0.1, 0.15) is 12.0 Å². The van der Waals surface area contributed by atoms with E-state index in [9.17, 15) is 9.59 Å². The highest BCUT2D eigenvalue weighted by Gasteiger charge is 2.10. The third-order valence-electron chi connectivity index (χ3n) is 3.37. The Kier molecular flexibility index (Phi) is 6.65. The molecular weight excluding hydrogens is 324 g/mol. The van der Waals surface area contributed by atoms with Crippen LogP contribution in [0.4, 0.5) is 4.79 Å². The largest absolute Gasteiger partial charge is 0.497 e. The number of rotatable bonds is 6. The molecule has 0 saturated carbocycles. The summed E-state index contributed by atoms with van der Waals surface area (Å²) in [6.45, 7) is 0. The zero-order valence-electron chi connectivity index (χ0n) is 14.1. The van der Waals surface area contributed by atoms with Crippen LogP contribution in [-0.4, -0.2) is 26.2 Å². The van der Waals surface area contributed by atoms with E-state index in [1.807, 2.05) is 6.07 Å². The number of hydrazine groups is 1. The Bertz CT molecular complexity index is 719. The number of carbonyl (C=O) groups excluding carboxylic acids is 2. The van der Waals surface area contributed by atoms with Gasteiger partial charge < -0.3 is 14.2 Å². The van der Waals surface area contributed by atoms with Crippen LogP contribution < -0.4 is 25.1 Å². The first-order valence-corrected chi connectivity index (χ1v) is 7.65. The summed E-state index contributed by atoms with van der Waals surface area (Å²) in [5.74, 6) is 1.39. The summed E-state index contributed by atoms with van der Waals surface area (Å²) < 4.78 is 15.4. The smallest absolute Gasteiger partial charge is 0.431 e. The average molecular weight is 344 g/mol. The molecule has 0 atom stereocenters. The minimum Gasteiger partial charge on any atom is -0.497 e. The van der Waals surface area contributed by atoms with Crippen LogP contribution in [0.2, 0.25) is 0 Å². The Labute approximate surface area is 145 Å². The third kappa shape index (κ3) is 5.72. The Balaban J connectivity index is 1.80. The maximum absolute atomic E-state index is 11.9. The zero-order valence-corrected chi connectivity index (χ0v) is 14.1. The molecule has 0 bridgehead atoms. The number of aryl methyl sites for hydroxylation is 1. The number of carbonyl (C=O) groups is 2. The molecule has 0 aliphatic rings. The van der Waals surface area contributed by atoms with E-state index in [2.05, 4.69) is 10.9 Å². The lowest BCUT2D eigenvalue weighted by molar-refractivity contribution is -0.121. The number of methoxy groups -OCH3 is 2. The minimum atomic E-state index is -0.765. The maximum atomic E-state index is 11.9. The molecule has 2 rings (SSSR count). The van der Waals surface area contributed by atoms with Crippen LogP contribution >= 0.6 is 0 Å². The van der Waals surface area contributed by atoms with Crippen molar-refractivity contribution in [2.75, 3.05) is 14.2 Å². The van der Waals surface area contributed by atoms with Gasteiger partial charge in [0.05, 0.1) is 14.2 Å². The van der Waals surface area contributed by atoms with E-state index in [0.717, 1.165) is 5.56 Å². The van der Waals surface area contributed by atoms with Gasteiger partial charge in [0.15, 0.2) is 0 Å². The van der Waals surface area contributed by atoms with Crippen molar-refractivity contribution in [1.82, 2.24) is 10.9 Å². The highest BCUT2D eigenvalue weighted by molar-refractivity contribution is 5.79. The number of amides is 2. The lowest BCUT2D eigenvalue weighted by atomic mass is 10.1. The highest BCUT2D eigenvalue weighted by atomic mass is 16.6. The molecular formula is C18H20N2O5. The zero-order chi connectivity index (χ0) is 18.1. The van der Waals surface area contributed by atoms with E-state index in [1.54, 1.807) is 56.7 Å². The first-order chi connectivity index (χ1) is 12.1. The van der Waals surface area contributed by atoms with E-state index in [1.165, 1.54) is 0 Å². The molecule has 0 aliphatic carbocycles. The first kappa shape index (κ1) is 18.1. The van der Waals surface area contributed by atoms with Gasteiger partial charge in [0.25, 0.3) is 0 Å². The molecule has 0 aliphatic heterocycles. The normalized spacial score (nSPS) is 9.84. The Morgan fingerprint density at radius 3 is 2.36 bits per heavy atom. The SMILES string of the molecule is COc1ccc(OC)c(CCC(=O)NNC(=O)Oc2ccccc2)c1. The molecule has 2 aromatic carbocycles. The highest BCUT2D eigenvalue weighted by Crippen LogP contribution is 2.24. The topological polar surface area (TPSA) is 85.9 Å². The average Bonchev–Trinajstić information content (AvgIpc) is 2.65. The predicted octanol–water partition coefficient (Wildman–Crippen LogP) is 2.46. The lowest BCUT2D eigenvalue weighted by Gasteiger charge is -2.11. The van der Waals surface area contributed by atoms with Gasteiger partial charge in [0.2, 0.25) is 5.91 Å². The molecule has 2 amide bonds. The van der Waals surface area contributed by atoms with Crippen LogP contribution in [-0.2, 0) is 11.2 Å². The van der Waals surface area contributed by atoms with Crippen molar-refractivity contribution in [3.05, 3.63) is 54.1 Å².